The molecule has 1 aromatic rings. The Hall–Kier alpha value is -2.44. The van der Waals surface area contributed by atoms with Crippen molar-refractivity contribution in [3.63, 3.8) is 0 Å². The van der Waals surface area contributed by atoms with E-state index < -0.39 is 12.1 Å². The highest BCUT2D eigenvalue weighted by molar-refractivity contribution is 6.36. The minimum Gasteiger partial charge on any atom is -0.477 e. The first-order valence-electron chi connectivity index (χ1n) is 6.26. The van der Waals surface area contributed by atoms with Gasteiger partial charge in [-0.05, 0) is 19.1 Å². The first kappa shape index (κ1) is 14.0. The average Bonchev–Trinajstić information content (AvgIpc) is 2.95. The van der Waals surface area contributed by atoms with Crippen LogP contribution < -0.4 is 0 Å². The van der Waals surface area contributed by atoms with Gasteiger partial charge in [-0.2, -0.15) is 0 Å². The third-order valence-corrected chi connectivity index (χ3v) is 2.96. The summed E-state index contributed by atoms with van der Waals surface area (Å²) < 4.78 is 0. The zero-order chi connectivity index (χ0) is 14.5. The zero-order valence-corrected chi connectivity index (χ0v) is 11.0. The fourth-order valence-electron chi connectivity index (χ4n) is 1.87. The molecule has 2 heterocycles. The molecule has 1 aliphatic rings. The maximum atomic E-state index is 12.3. The van der Waals surface area contributed by atoms with Crippen molar-refractivity contribution in [1.29, 1.82) is 0 Å². The van der Waals surface area contributed by atoms with Gasteiger partial charge in [0, 0.05) is 19.2 Å². The lowest BCUT2D eigenvalue weighted by atomic mass is 10.1. The maximum absolute atomic E-state index is 12.3. The second-order valence-corrected chi connectivity index (χ2v) is 4.31. The fraction of sp³-hybridized carbons (Fsp3) is 0.385. The second kappa shape index (κ2) is 6.14. The van der Waals surface area contributed by atoms with Crippen LogP contribution in [0.2, 0.25) is 0 Å². The molecule has 7 nitrogen and oxygen atoms in total. The van der Waals surface area contributed by atoms with E-state index in [9.17, 15) is 9.59 Å². The number of oxime groups is 1. The van der Waals surface area contributed by atoms with Gasteiger partial charge in [-0.3, -0.25) is 9.78 Å². The maximum Gasteiger partial charge on any atom is 0.353 e. The topological polar surface area (TPSA) is 92.1 Å². The van der Waals surface area contributed by atoms with E-state index in [0.717, 1.165) is 5.69 Å². The van der Waals surface area contributed by atoms with E-state index in [4.69, 9.17) is 9.94 Å². The van der Waals surface area contributed by atoms with Crippen LogP contribution in [0, 0.1) is 0 Å². The normalized spacial score (nSPS) is 17.2. The van der Waals surface area contributed by atoms with Gasteiger partial charge in [0.05, 0.1) is 12.2 Å². The highest BCUT2D eigenvalue weighted by Gasteiger charge is 2.34. The quantitative estimate of drug-likeness (QED) is 0.853. The van der Waals surface area contributed by atoms with Gasteiger partial charge in [-0.25, -0.2) is 4.79 Å². The van der Waals surface area contributed by atoms with Crippen LogP contribution in [0.3, 0.4) is 0 Å². The summed E-state index contributed by atoms with van der Waals surface area (Å²) in [5, 5.41) is 12.2. The highest BCUT2D eigenvalue weighted by Crippen LogP contribution is 2.15. The molecule has 2 rings (SSSR count). The fourth-order valence-corrected chi connectivity index (χ4v) is 1.87. The second-order valence-electron chi connectivity index (χ2n) is 4.31. The lowest BCUT2D eigenvalue weighted by molar-refractivity contribution is -0.142. The minimum absolute atomic E-state index is 0.00706. The van der Waals surface area contributed by atoms with E-state index in [-0.39, 0.29) is 18.0 Å². The van der Waals surface area contributed by atoms with Crippen molar-refractivity contribution in [2.75, 3.05) is 6.54 Å². The molecule has 106 valence electrons. The summed E-state index contributed by atoms with van der Waals surface area (Å²) >= 11 is 0. The Bertz CT molecular complexity index is 530. The van der Waals surface area contributed by atoms with Crippen LogP contribution in [-0.4, -0.2) is 45.2 Å². The van der Waals surface area contributed by atoms with Gasteiger partial charge in [0.2, 0.25) is 6.10 Å². The summed E-state index contributed by atoms with van der Waals surface area (Å²) in [5.41, 5.74) is 0.636. The van der Waals surface area contributed by atoms with Crippen LogP contribution in [-0.2, 0) is 21.0 Å². The number of aromatic nitrogens is 1. The third kappa shape index (κ3) is 3.11. The van der Waals surface area contributed by atoms with E-state index >= 15 is 0 Å². The number of hydrogen-bond donors (Lipinski definition) is 1. The Kier molecular flexibility index (Phi) is 4.29. The van der Waals surface area contributed by atoms with E-state index in [1.165, 1.54) is 0 Å². The smallest absolute Gasteiger partial charge is 0.353 e. The Morgan fingerprint density at radius 1 is 1.50 bits per heavy atom. The number of amides is 1. The lowest BCUT2D eigenvalue weighted by Gasteiger charge is -2.22. The van der Waals surface area contributed by atoms with Crippen molar-refractivity contribution in [2.45, 2.75) is 26.0 Å². The Morgan fingerprint density at radius 3 is 2.85 bits per heavy atom. The van der Waals surface area contributed by atoms with Gasteiger partial charge in [0.1, 0.15) is 0 Å². The van der Waals surface area contributed by atoms with Crippen LogP contribution in [0.15, 0.2) is 29.6 Å². The van der Waals surface area contributed by atoms with Crippen LogP contribution in [0.4, 0.5) is 0 Å². The Morgan fingerprint density at radius 2 is 2.30 bits per heavy atom. The SMILES string of the molecule is CCN(Cc1ccccn1)C(=O)C1CC(C(=O)O)=NO1. The number of carbonyl (C=O) groups is 2. The molecular formula is C13H15N3O4. The van der Waals surface area contributed by atoms with Crippen LogP contribution in [0.1, 0.15) is 19.0 Å². The molecule has 0 saturated carbocycles. The summed E-state index contributed by atoms with van der Waals surface area (Å²) in [6, 6.07) is 5.47. The largest absolute Gasteiger partial charge is 0.477 e. The monoisotopic (exact) mass is 277 g/mol. The van der Waals surface area contributed by atoms with Crippen LogP contribution in [0.5, 0.6) is 0 Å². The summed E-state index contributed by atoms with van der Waals surface area (Å²) in [6.07, 6.45) is 0.794. The number of rotatable bonds is 5. The molecule has 1 aromatic heterocycles. The number of hydrogen-bond acceptors (Lipinski definition) is 5. The number of likely N-dealkylation sites (N-methyl/N-ethyl adjacent to an activating group) is 1. The van der Waals surface area contributed by atoms with E-state index in [1.807, 2.05) is 19.1 Å². The van der Waals surface area contributed by atoms with Crippen molar-refractivity contribution in [1.82, 2.24) is 9.88 Å². The average molecular weight is 277 g/mol. The summed E-state index contributed by atoms with van der Waals surface area (Å²) in [7, 11) is 0. The molecule has 0 radical (unpaired) electrons. The lowest BCUT2D eigenvalue weighted by Crippen LogP contribution is -2.39. The molecule has 1 N–H and O–H groups in total. The summed E-state index contributed by atoms with van der Waals surface area (Å²) in [4.78, 5) is 33.6. The number of pyridine rings is 1. The molecule has 1 aliphatic heterocycles. The molecule has 0 aromatic carbocycles. The van der Waals surface area contributed by atoms with E-state index in [1.54, 1.807) is 17.2 Å². The van der Waals surface area contributed by atoms with Crippen molar-refractivity contribution in [3.8, 4) is 0 Å². The molecule has 7 heteroatoms. The molecule has 20 heavy (non-hydrogen) atoms. The highest BCUT2D eigenvalue weighted by atomic mass is 16.6. The predicted molar refractivity (Wildman–Crippen MR) is 69.9 cm³/mol. The number of carboxylic acids is 1. The molecular weight excluding hydrogens is 262 g/mol. The first-order valence-corrected chi connectivity index (χ1v) is 6.26. The summed E-state index contributed by atoms with van der Waals surface area (Å²) in [5.74, 6) is -1.44. The molecule has 0 fully saturated rings. The van der Waals surface area contributed by atoms with E-state index in [2.05, 4.69) is 10.1 Å². The van der Waals surface area contributed by atoms with E-state index in [0.29, 0.717) is 13.1 Å². The molecule has 1 atom stereocenters. The van der Waals surface area contributed by atoms with Gasteiger partial charge in [-0.15, -0.1) is 0 Å². The van der Waals surface area contributed by atoms with Gasteiger partial charge >= 0.3 is 5.97 Å². The van der Waals surface area contributed by atoms with Crippen molar-refractivity contribution in [2.24, 2.45) is 5.16 Å². The molecule has 0 saturated heterocycles. The Balaban J connectivity index is 1.99. The molecule has 0 aliphatic carbocycles. The number of aliphatic carboxylic acids is 1. The van der Waals surface area contributed by atoms with Crippen molar-refractivity contribution in [3.05, 3.63) is 30.1 Å². The van der Waals surface area contributed by atoms with Crippen LogP contribution >= 0.6 is 0 Å². The molecule has 1 amide bonds. The zero-order valence-electron chi connectivity index (χ0n) is 11.0. The number of nitrogens with zero attached hydrogens (tertiary/aromatic N) is 3. The van der Waals surface area contributed by atoms with Gasteiger partial charge < -0.3 is 14.8 Å². The van der Waals surface area contributed by atoms with Gasteiger partial charge in [0.25, 0.3) is 5.91 Å². The Labute approximate surface area is 115 Å². The molecule has 0 bridgehead atoms. The third-order valence-electron chi connectivity index (χ3n) is 2.96. The predicted octanol–water partition coefficient (Wildman–Crippen LogP) is 0.660. The standard InChI is InChI=1S/C13H15N3O4/c1-2-16(8-9-5-3-4-6-14-9)12(17)11-7-10(13(18)19)15-20-11/h3-6,11H,2,7-8H2,1H3,(H,18,19). The van der Waals surface area contributed by atoms with Crippen LogP contribution in [0.25, 0.3) is 0 Å². The van der Waals surface area contributed by atoms with Crippen molar-refractivity contribution >= 4 is 17.6 Å². The van der Waals surface area contributed by atoms with Gasteiger partial charge in [0.15, 0.2) is 5.71 Å². The van der Waals surface area contributed by atoms with Gasteiger partial charge in [-0.1, -0.05) is 11.2 Å². The molecule has 0 spiro atoms. The minimum atomic E-state index is -1.16. The first-order chi connectivity index (χ1) is 9.61. The summed E-state index contributed by atoms with van der Waals surface area (Å²) in [6.45, 7) is 2.69. The number of carboxylic acid groups (broad SMARTS) is 1. The van der Waals surface area contributed by atoms with Crippen molar-refractivity contribution < 1.29 is 19.5 Å². The molecule has 1 unspecified atom stereocenters. The number of carbonyl (C=O) groups excluding carboxylic acids is 1.